The van der Waals surface area contributed by atoms with Crippen LogP contribution in [0.15, 0.2) is 48.5 Å². The van der Waals surface area contributed by atoms with Gasteiger partial charge in [-0.2, -0.15) is 0 Å². The van der Waals surface area contributed by atoms with Gasteiger partial charge >= 0.3 is 11.9 Å². The fourth-order valence-corrected chi connectivity index (χ4v) is 3.14. The number of nitrogens with zero attached hydrogens (tertiary/aromatic N) is 2. The summed E-state index contributed by atoms with van der Waals surface area (Å²) < 4.78 is 21.5. The summed E-state index contributed by atoms with van der Waals surface area (Å²) in [5, 5.41) is 21.4. The highest BCUT2D eigenvalue weighted by atomic mass is 16.6. The molecule has 0 aliphatic rings. The number of esters is 2. The van der Waals surface area contributed by atoms with Crippen molar-refractivity contribution in [3.63, 3.8) is 0 Å². The third kappa shape index (κ3) is 8.12. The lowest BCUT2D eigenvalue weighted by molar-refractivity contribution is -0.385. The van der Waals surface area contributed by atoms with Crippen LogP contribution in [0.25, 0.3) is 0 Å². The number of rotatable bonds is 13. The van der Waals surface area contributed by atoms with Gasteiger partial charge in [0.1, 0.15) is 6.61 Å². The summed E-state index contributed by atoms with van der Waals surface area (Å²) in [6, 6.07) is 10.1. The molecule has 2 rings (SSSR count). The molecule has 0 aliphatic heterocycles. The van der Waals surface area contributed by atoms with Crippen molar-refractivity contribution in [1.29, 1.82) is 0 Å². The predicted molar refractivity (Wildman–Crippen MR) is 122 cm³/mol. The first-order chi connectivity index (χ1) is 16.7. The molecule has 0 aromatic heterocycles. The van der Waals surface area contributed by atoms with Gasteiger partial charge in [0.05, 0.1) is 39.8 Å². The molecule has 0 bridgehead atoms. The Morgan fingerprint density at radius 2 is 1.20 bits per heavy atom. The number of non-ortho nitro benzene ring substituents is 2. The summed E-state index contributed by atoms with van der Waals surface area (Å²) in [4.78, 5) is 44.8. The Morgan fingerprint density at radius 1 is 0.771 bits per heavy atom. The second-order valence-corrected chi connectivity index (χ2v) is 7.65. The Kier molecular flexibility index (Phi) is 10.2. The highest BCUT2D eigenvalue weighted by Gasteiger charge is 2.25. The molecule has 12 nitrogen and oxygen atoms in total. The van der Waals surface area contributed by atoms with E-state index in [1.54, 1.807) is 0 Å². The third-order valence-electron chi connectivity index (χ3n) is 5.27. The van der Waals surface area contributed by atoms with E-state index < -0.39 is 34.0 Å². The topological polar surface area (TPSA) is 157 Å². The van der Waals surface area contributed by atoms with Gasteiger partial charge in [-0.3, -0.25) is 20.2 Å². The van der Waals surface area contributed by atoms with Crippen LogP contribution in [0.1, 0.15) is 34.1 Å². The van der Waals surface area contributed by atoms with E-state index in [9.17, 15) is 29.8 Å². The molecule has 188 valence electrons. The summed E-state index contributed by atoms with van der Waals surface area (Å²) in [6.07, 6.45) is -0.589. The SMILES string of the molecule is CO[C@@H](COC(=O)c1ccc([N+](=O)[O-])cc1)C[C@H](OC)[C@@H](C)COC(=O)c1ccc([N+](=O)[O-])cc1. The molecule has 0 spiro atoms. The normalized spacial score (nSPS) is 13.3. The van der Waals surface area contributed by atoms with Gasteiger partial charge in [0.2, 0.25) is 0 Å². The zero-order valence-electron chi connectivity index (χ0n) is 19.4. The van der Waals surface area contributed by atoms with Crippen molar-refractivity contribution in [2.75, 3.05) is 27.4 Å². The predicted octanol–water partition coefficient (Wildman–Crippen LogP) is 3.57. The van der Waals surface area contributed by atoms with Crippen LogP contribution in [-0.2, 0) is 18.9 Å². The molecule has 0 heterocycles. The lowest BCUT2D eigenvalue weighted by Crippen LogP contribution is -2.33. The van der Waals surface area contributed by atoms with Crippen LogP contribution in [0.3, 0.4) is 0 Å². The summed E-state index contributed by atoms with van der Waals surface area (Å²) in [5.41, 5.74) is 0.0849. The number of nitro groups is 2. The van der Waals surface area contributed by atoms with E-state index >= 15 is 0 Å². The Morgan fingerprint density at radius 3 is 1.57 bits per heavy atom. The number of nitro benzene ring substituents is 2. The number of ether oxygens (including phenoxy) is 4. The fourth-order valence-electron chi connectivity index (χ4n) is 3.14. The van der Waals surface area contributed by atoms with E-state index in [0.29, 0.717) is 6.42 Å². The molecular formula is C23H26N2O10. The van der Waals surface area contributed by atoms with Gasteiger partial charge in [-0.15, -0.1) is 0 Å². The molecule has 2 aromatic carbocycles. The molecule has 35 heavy (non-hydrogen) atoms. The van der Waals surface area contributed by atoms with Crippen molar-refractivity contribution in [2.24, 2.45) is 5.92 Å². The van der Waals surface area contributed by atoms with Crippen molar-refractivity contribution in [2.45, 2.75) is 25.6 Å². The first-order valence-corrected chi connectivity index (χ1v) is 10.5. The molecule has 0 N–H and O–H groups in total. The van der Waals surface area contributed by atoms with Crippen molar-refractivity contribution in [3.05, 3.63) is 79.9 Å². The fraction of sp³-hybridized carbons (Fsp3) is 0.391. The monoisotopic (exact) mass is 490 g/mol. The molecule has 0 amide bonds. The van der Waals surface area contributed by atoms with Crippen LogP contribution in [0, 0.1) is 26.1 Å². The van der Waals surface area contributed by atoms with E-state index in [-0.39, 0.29) is 41.6 Å². The first-order valence-electron chi connectivity index (χ1n) is 10.5. The van der Waals surface area contributed by atoms with E-state index in [0.717, 1.165) is 0 Å². The van der Waals surface area contributed by atoms with Crippen LogP contribution >= 0.6 is 0 Å². The van der Waals surface area contributed by atoms with Gasteiger partial charge in [-0.1, -0.05) is 6.92 Å². The molecule has 3 atom stereocenters. The molecule has 0 radical (unpaired) electrons. The van der Waals surface area contributed by atoms with Gasteiger partial charge in [-0.25, -0.2) is 9.59 Å². The van der Waals surface area contributed by atoms with Crippen molar-refractivity contribution in [1.82, 2.24) is 0 Å². The quantitative estimate of drug-likeness (QED) is 0.231. The highest BCUT2D eigenvalue weighted by Crippen LogP contribution is 2.18. The van der Waals surface area contributed by atoms with Gasteiger partial charge in [0.15, 0.2) is 0 Å². The molecule has 0 saturated heterocycles. The number of hydrogen-bond acceptors (Lipinski definition) is 10. The summed E-state index contributed by atoms with van der Waals surface area (Å²) >= 11 is 0. The Labute approximate surface area is 201 Å². The lowest BCUT2D eigenvalue weighted by Gasteiger charge is -2.26. The van der Waals surface area contributed by atoms with Gasteiger partial charge in [0, 0.05) is 50.8 Å². The minimum atomic E-state index is -0.652. The van der Waals surface area contributed by atoms with Gasteiger partial charge in [0.25, 0.3) is 11.4 Å². The number of carbonyl (C=O) groups is 2. The molecule has 12 heteroatoms. The molecule has 0 unspecified atom stereocenters. The van der Waals surface area contributed by atoms with E-state index in [4.69, 9.17) is 18.9 Å². The molecule has 0 aliphatic carbocycles. The van der Waals surface area contributed by atoms with E-state index in [2.05, 4.69) is 0 Å². The van der Waals surface area contributed by atoms with Crippen LogP contribution in [0.2, 0.25) is 0 Å². The van der Waals surface area contributed by atoms with Crippen LogP contribution in [0.5, 0.6) is 0 Å². The zero-order chi connectivity index (χ0) is 26.0. The van der Waals surface area contributed by atoms with Crippen LogP contribution in [0.4, 0.5) is 11.4 Å². The molecule has 0 saturated carbocycles. The van der Waals surface area contributed by atoms with Gasteiger partial charge < -0.3 is 18.9 Å². The highest BCUT2D eigenvalue weighted by molar-refractivity contribution is 5.90. The molecule has 0 fully saturated rings. The maximum Gasteiger partial charge on any atom is 0.338 e. The smallest absolute Gasteiger partial charge is 0.338 e. The average Bonchev–Trinajstić information content (AvgIpc) is 2.87. The largest absolute Gasteiger partial charge is 0.462 e. The van der Waals surface area contributed by atoms with E-state index in [1.165, 1.54) is 62.8 Å². The van der Waals surface area contributed by atoms with Crippen molar-refractivity contribution in [3.8, 4) is 0 Å². The second kappa shape index (κ2) is 13.1. The average molecular weight is 490 g/mol. The standard InChI is InChI=1S/C23H26N2O10/c1-15(13-34-22(26)16-4-8-18(9-5-16)24(28)29)21(33-3)12-20(32-2)14-35-23(27)17-6-10-19(11-7-17)25(30)31/h4-11,15,20-21H,12-14H2,1-3H3/t15-,20+,21-/m0/s1. The summed E-state index contributed by atoms with van der Waals surface area (Å²) in [7, 11) is 2.95. The Bertz CT molecular complexity index is 1020. The third-order valence-corrected chi connectivity index (χ3v) is 5.27. The minimum absolute atomic E-state index is 0.0212. The second-order valence-electron chi connectivity index (χ2n) is 7.65. The number of methoxy groups -OCH3 is 2. The molecule has 2 aromatic rings. The summed E-state index contributed by atoms with van der Waals surface area (Å²) in [5.74, 6) is -1.52. The van der Waals surface area contributed by atoms with Crippen LogP contribution < -0.4 is 0 Å². The van der Waals surface area contributed by atoms with Crippen LogP contribution in [-0.4, -0.2) is 61.4 Å². The number of carbonyl (C=O) groups excluding carboxylic acids is 2. The van der Waals surface area contributed by atoms with Crippen molar-refractivity contribution < 1.29 is 38.4 Å². The number of hydrogen-bond donors (Lipinski definition) is 0. The minimum Gasteiger partial charge on any atom is -0.462 e. The van der Waals surface area contributed by atoms with E-state index in [1.807, 2.05) is 6.92 Å². The Balaban J connectivity index is 1.86. The van der Waals surface area contributed by atoms with Gasteiger partial charge in [-0.05, 0) is 24.3 Å². The Hall–Kier alpha value is -3.90. The number of benzene rings is 2. The zero-order valence-corrected chi connectivity index (χ0v) is 19.4. The maximum absolute atomic E-state index is 12.2. The maximum atomic E-state index is 12.2. The summed E-state index contributed by atoms with van der Waals surface area (Å²) in [6.45, 7) is 1.75. The van der Waals surface area contributed by atoms with Crippen molar-refractivity contribution >= 4 is 23.3 Å². The first kappa shape index (κ1) is 27.3. The molecular weight excluding hydrogens is 464 g/mol. The lowest BCUT2D eigenvalue weighted by atomic mass is 9.99.